The molecule has 0 saturated heterocycles. The van der Waals surface area contributed by atoms with Gasteiger partial charge in [0.05, 0.1) is 17.3 Å². The molecular weight excluding hydrogens is 240 g/mol. The number of aromatic nitrogens is 5. The number of hydrogen-bond acceptors (Lipinski definition) is 4. The lowest BCUT2D eigenvalue weighted by atomic mass is 10.1. The molecule has 6 nitrogen and oxygen atoms in total. The molecule has 19 heavy (non-hydrogen) atoms. The number of nitrogens with one attached hydrogen (secondary N) is 1. The third-order valence-corrected chi connectivity index (χ3v) is 3.23. The van der Waals surface area contributed by atoms with Crippen LogP contribution in [0.15, 0.2) is 30.6 Å². The van der Waals surface area contributed by atoms with Gasteiger partial charge in [-0.3, -0.25) is 9.78 Å². The van der Waals surface area contributed by atoms with Crippen molar-refractivity contribution in [3.05, 3.63) is 42.1 Å². The van der Waals surface area contributed by atoms with Gasteiger partial charge in [0, 0.05) is 18.4 Å². The van der Waals surface area contributed by atoms with E-state index in [1.165, 1.54) is 6.33 Å². The standard InChI is InChI=1S/C13H16N6/c1-2-19-12-6-4-3-5-9(12)11(18-19)7-10(14)13-15-8-16-17-13/h3-6,8,10H,2,7,14H2,1H3,(H,15,16,17). The zero-order chi connectivity index (χ0) is 13.2. The van der Waals surface area contributed by atoms with Crippen molar-refractivity contribution in [3.8, 4) is 0 Å². The molecule has 2 heterocycles. The summed E-state index contributed by atoms with van der Waals surface area (Å²) < 4.78 is 2.00. The number of aryl methyl sites for hydroxylation is 1. The highest BCUT2D eigenvalue weighted by Gasteiger charge is 2.15. The minimum atomic E-state index is -0.217. The summed E-state index contributed by atoms with van der Waals surface area (Å²) >= 11 is 0. The van der Waals surface area contributed by atoms with E-state index >= 15 is 0 Å². The molecule has 1 unspecified atom stereocenters. The first-order valence-corrected chi connectivity index (χ1v) is 6.35. The predicted molar refractivity (Wildman–Crippen MR) is 72.4 cm³/mol. The largest absolute Gasteiger partial charge is 0.321 e. The fourth-order valence-electron chi connectivity index (χ4n) is 2.29. The molecule has 0 aliphatic heterocycles. The van der Waals surface area contributed by atoms with Crippen LogP contribution in [-0.2, 0) is 13.0 Å². The molecule has 0 bridgehead atoms. The molecule has 0 spiro atoms. The van der Waals surface area contributed by atoms with Crippen molar-refractivity contribution in [3.63, 3.8) is 0 Å². The normalized spacial score (nSPS) is 12.9. The fraction of sp³-hybridized carbons (Fsp3) is 0.308. The van der Waals surface area contributed by atoms with Gasteiger partial charge in [0.1, 0.15) is 12.2 Å². The van der Waals surface area contributed by atoms with E-state index in [0.29, 0.717) is 12.2 Å². The van der Waals surface area contributed by atoms with Crippen LogP contribution in [-0.4, -0.2) is 25.0 Å². The maximum atomic E-state index is 6.13. The van der Waals surface area contributed by atoms with Crippen LogP contribution >= 0.6 is 0 Å². The van der Waals surface area contributed by atoms with E-state index in [4.69, 9.17) is 5.73 Å². The molecule has 0 saturated carbocycles. The van der Waals surface area contributed by atoms with E-state index in [0.717, 1.165) is 23.1 Å². The van der Waals surface area contributed by atoms with Gasteiger partial charge in [0.2, 0.25) is 0 Å². The molecule has 3 aromatic rings. The second-order valence-corrected chi connectivity index (χ2v) is 4.46. The second-order valence-electron chi connectivity index (χ2n) is 4.46. The molecule has 1 atom stereocenters. The van der Waals surface area contributed by atoms with Crippen LogP contribution in [0.25, 0.3) is 10.9 Å². The van der Waals surface area contributed by atoms with Crippen LogP contribution in [0.3, 0.4) is 0 Å². The van der Waals surface area contributed by atoms with Gasteiger partial charge >= 0.3 is 0 Å². The van der Waals surface area contributed by atoms with Gasteiger partial charge in [-0.2, -0.15) is 10.2 Å². The third-order valence-electron chi connectivity index (χ3n) is 3.23. The predicted octanol–water partition coefficient (Wildman–Crippen LogP) is 1.42. The van der Waals surface area contributed by atoms with Crippen LogP contribution in [0.5, 0.6) is 0 Å². The Morgan fingerprint density at radius 1 is 1.37 bits per heavy atom. The van der Waals surface area contributed by atoms with Crippen LogP contribution in [0, 0.1) is 0 Å². The Labute approximate surface area is 110 Å². The monoisotopic (exact) mass is 256 g/mol. The molecule has 0 aliphatic carbocycles. The summed E-state index contributed by atoms with van der Waals surface area (Å²) in [6.07, 6.45) is 2.11. The van der Waals surface area contributed by atoms with Gasteiger partial charge in [0.15, 0.2) is 0 Å². The van der Waals surface area contributed by atoms with Crippen molar-refractivity contribution in [1.82, 2.24) is 25.0 Å². The van der Waals surface area contributed by atoms with Crippen LogP contribution < -0.4 is 5.73 Å². The molecule has 0 radical (unpaired) electrons. The summed E-state index contributed by atoms with van der Waals surface area (Å²) in [5.41, 5.74) is 8.27. The number of nitrogens with zero attached hydrogens (tertiary/aromatic N) is 4. The third kappa shape index (κ3) is 2.10. The quantitative estimate of drug-likeness (QED) is 0.739. The van der Waals surface area contributed by atoms with E-state index < -0.39 is 0 Å². The lowest BCUT2D eigenvalue weighted by Gasteiger charge is -2.05. The molecule has 3 rings (SSSR count). The maximum absolute atomic E-state index is 6.13. The Morgan fingerprint density at radius 3 is 2.95 bits per heavy atom. The molecule has 0 aliphatic rings. The van der Waals surface area contributed by atoms with E-state index in [-0.39, 0.29) is 6.04 Å². The van der Waals surface area contributed by atoms with Crippen LogP contribution in [0.2, 0.25) is 0 Å². The van der Waals surface area contributed by atoms with E-state index in [9.17, 15) is 0 Å². The van der Waals surface area contributed by atoms with Crippen molar-refractivity contribution in [2.24, 2.45) is 5.73 Å². The van der Waals surface area contributed by atoms with Gasteiger partial charge in [-0.1, -0.05) is 18.2 Å². The number of benzene rings is 1. The molecule has 98 valence electrons. The molecule has 0 amide bonds. The lowest BCUT2D eigenvalue weighted by Crippen LogP contribution is -2.15. The highest BCUT2D eigenvalue weighted by molar-refractivity contribution is 5.82. The Kier molecular flexibility index (Phi) is 3.00. The first-order chi connectivity index (χ1) is 9.29. The Hall–Kier alpha value is -2.21. The average Bonchev–Trinajstić information content (AvgIpc) is 3.07. The lowest BCUT2D eigenvalue weighted by molar-refractivity contribution is 0.624. The van der Waals surface area contributed by atoms with Crippen molar-refractivity contribution >= 4 is 10.9 Å². The Bertz CT molecular complexity index is 670. The SMILES string of the molecule is CCn1nc(CC(N)c2ncn[nH]2)c2ccccc21. The summed E-state index contributed by atoms with van der Waals surface area (Å²) in [4.78, 5) is 4.09. The van der Waals surface area contributed by atoms with Gasteiger partial charge in [0.25, 0.3) is 0 Å². The summed E-state index contributed by atoms with van der Waals surface area (Å²) in [6.45, 7) is 2.93. The summed E-state index contributed by atoms with van der Waals surface area (Å²) in [6, 6.07) is 7.99. The van der Waals surface area contributed by atoms with Crippen LogP contribution in [0.1, 0.15) is 24.5 Å². The highest BCUT2D eigenvalue weighted by Crippen LogP contribution is 2.21. The molecular formula is C13H16N6. The Balaban J connectivity index is 1.97. The van der Waals surface area contributed by atoms with Crippen molar-refractivity contribution in [2.75, 3.05) is 0 Å². The number of aromatic amines is 1. The topological polar surface area (TPSA) is 85.4 Å². The summed E-state index contributed by atoms with van der Waals surface area (Å²) in [5, 5.41) is 12.4. The zero-order valence-electron chi connectivity index (χ0n) is 10.7. The first-order valence-electron chi connectivity index (χ1n) is 6.35. The van der Waals surface area contributed by atoms with E-state index in [1.807, 2.05) is 16.8 Å². The number of nitrogens with two attached hydrogens (primary N) is 1. The first kappa shape index (κ1) is 11.9. The van der Waals surface area contributed by atoms with Gasteiger partial charge in [-0.15, -0.1) is 0 Å². The summed E-state index contributed by atoms with van der Waals surface area (Å²) in [5.74, 6) is 0.690. The Morgan fingerprint density at radius 2 is 2.21 bits per heavy atom. The number of rotatable bonds is 4. The molecule has 3 N–H and O–H groups in total. The smallest absolute Gasteiger partial charge is 0.141 e. The fourth-order valence-corrected chi connectivity index (χ4v) is 2.29. The highest BCUT2D eigenvalue weighted by atomic mass is 15.3. The van der Waals surface area contributed by atoms with E-state index in [1.54, 1.807) is 0 Å². The van der Waals surface area contributed by atoms with Crippen LogP contribution in [0.4, 0.5) is 0 Å². The second kappa shape index (κ2) is 4.81. The number of para-hydroxylation sites is 1. The molecule has 0 fully saturated rings. The van der Waals surface area contributed by atoms with E-state index in [2.05, 4.69) is 39.3 Å². The van der Waals surface area contributed by atoms with Gasteiger partial charge in [-0.05, 0) is 13.0 Å². The average molecular weight is 256 g/mol. The van der Waals surface area contributed by atoms with Crippen molar-refractivity contribution in [2.45, 2.75) is 25.9 Å². The maximum Gasteiger partial charge on any atom is 0.141 e. The number of H-pyrrole nitrogens is 1. The summed E-state index contributed by atoms with van der Waals surface area (Å²) in [7, 11) is 0. The molecule has 2 aromatic heterocycles. The van der Waals surface area contributed by atoms with Crippen molar-refractivity contribution in [1.29, 1.82) is 0 Å². The molecule has 6 heteroatoms. The molecule has 1 aromatic carbocycles. The zero-order valence-corrected chi connectivity index (χ0v) is 10.7. The van der Waals surface area contributed by atoms with Crippen molar-refractivity contribution < 1.29 is 0 Å². The minimum Gasteiger partial charge on any atom is -0.321 e. The number of hydrogen-bond donors (Lipinski definition) is 2. The van der Waals surface area contributed by atoms with Gasteiger partial charge in [-0.25, -0.2) is 4.98 Å². The van der Waals surface area contributed by atoms with Gasteiger partial charge < -0.3 is 5.73 Å². The number of fused-ring (bicyclic) bond motifs is 1. The minimum absolute atomic E-state index is 0.217.